The largest absolute Gasteiger partial charge is 0.503 e. The molecule has 238 valence electrons. The van der Waals surface area contributed by atoms with E-state index in [0.717, 1.165) is 50.2 Å². The van der Waals surface area contributed by atoms with E-state index < -0.39 is 8.07 Å². The van der Waals surface area contributed by atoms with Gasteiger partial charge in [0.1, 0.15) is 12.0 Å². The average Bonchev–Trinajstić information content (AvgIpc) is 3.64. The molecule has 7 aromatic rings. The van der Waals surface area contributed by atoms with E-state index in [9.17, 15) is 0 Å². The van der Waals surface area contributed by atoms with Crippen molar-refractivity contribution >= 4 is 57.9 Å². The van der Waals surface area contributed by atoms with Gasteiger partial charge < -0.3 is 19.5 Å². The zero-order valence-electron chi connectivity index (χ0n) is 26.8. The predicted molar refractivity (Wildman–Crippen MR) is 189 cm³/mol. The number of fused-ring (bicyclic) bond motifs is 6. The minimum Gasteiger partial charge on any atom is -0.503 e. The number of anilines is 3. The monoisotopic (exact) mass is 812 g/mol. The number of aromatic nitrogens is 4. The van der Waals surface area contributed by atoms with E-state index in [-0.39, 0.29) is 21.1 Å². The molecular formula is C38H33N6OPtSi-3. The fraction of sp³-hybridized carbons (Fsp3) is 0.158. The minimum atomic E-state index is -1.80. The second-order valence-corrected chi connectivity index (χ2v) is 18.0. The molecular weight excluding hydrogens is 780 g/mol. The predicted octanol–water partition coefficient (Wildman–Crippen LogP) is 8.52. The van der Waals surface area contributed by atoms with Crippen molar-refractivity contribution in [2.45, 2.75) is 39.5 Å². The van der Waals surface area contributed by atoms with Crippen LogP contribution in [0.5, 0.6) is 11.5 Å². The van der Waals surface area contributed by atoms with Gasteiger partial charge in [0, 0.05) is 63.6 Å². The molecule has 0 unspecified atom stereocenters. The second-order valence-electron chi connectivity index (χ2n) is 13.0. The van der Waals surface area contributed by atoms with Crippen LogP contribution in [0.2, 0.25) is 19.6 Å². The minimum absolute atomic E-state index is 0. The Morgan fingerprint density at radius 3 is 2.43 bits per heavy atom. The van der Waals surface area contributed by atoms with Crippen LogP contribution in [-0.2, 0) is 21.1 Å². The smallest absolute Gasteiger partial charge is 0.147 e. The Bertz CT molecular complexity index is 2280. The summed E-state index contributed by atoms with van der Waals surface area (Å²) in [6.07, 6.45) is 3.63. The van der Waals surface area contributed by atoms with Gasteiger partial charge in [-0.05, 0) is 49.8 Å². The van der Waals surface area contributed by atoms with Crippen molar-refractivity contribution < 1.29 is 25.8 Å². The van der Waals surface area contributed by atoms with Crippen molar-refractivity contribution in [3.05, 3.63) is 116 Å². The molecule has 1 aliphatic heterocycles. The summed E-state index contributed by atoms with van der Waals surface area (Å²) in [4.78, 5) is 18.8. The fourth-order valence-corrected chi connectivity index (χ4v) is 7.51. The second kappa shape index (κ2) is 11.9. The molecule has 3 aromatic heterocycles. The van der Waals surface area contributed by atoms with E-state index in [1.165, 1.54) is 10.9 Å². The maximum Gasteiger partial charge on any atom is 0.147 e. The van der Waals surface area contributed by atoms with E-state index in [1.54, 1.807) is 0 Å². The van der Waals surface area contributed by atoms with Crippen LogP contribution in [0.3, 0.4) is 0 Å². The normalized spacial score (nSPS) is 13.1. The third kappa shape index (κ3) is 5.49. The number of rotatable bonds is 6. The molecule has 4 aromatic carbocycles. The summed E-state index contributed by atoms with van der Waals surface area (Å²) < 4.78 is 8.71. The van der Waals surface area contributed by atoms with Crippen LogP contribution in [0.15, 0.2) is 97.5 Å². The third-order valence-electron chi connectivity index (χ3n) is 8.47. The maximum absolute atomic E-state index is 6.67. The van der Waals surface area contributed by atoms with Crippen LogP contribution in [0.1, 0.15) is 13.8 Å². The quantitative estimate of drug-likeness (QED) is 0.124. The molecule has 0 bridgehead atoms. The van der Waals surface area contributed by atoms with Crippen LogP contribution < -0.4 is 19.7 Å². The zero-order chi connectivity index (χ0) is 31.6. The van der Waals surface area contributed by atoms with Gasteiger partial charge in [-0.2, -0.15) is 12.7 Å². The first kappa shape index (κ1) is 31.1. The van der Waals surface area contributed by atoms with Crippen LogP contribution in [-0.4, -0.2) is 33.5 Å². The zero-order valence-corrected chi connectivity index (χ0v) is 30.1. The van der Waals surface area contributed by atoms with Gasteiger partial charge in [0.25, 0.3) is 0 Å². The van der Waals surface area contributed by atoms with Crippen LogP contribution in [0.25, 0.3) is 38.8 Å². The average molecular weight is 813 g/mol. The van der Waals surface area contributed by atoms with Crippen LogP contribution in [0.4, 0.5) is 17.1 Å². The van der Waals surface area contributed by atoms with Gasteiger partial charge >= 0.3 is 0 Å². The van der Waals surface area contributed by atoms with Gasteiger partial charge in [0.2, 0.25) is 0 Å². The van der Waals surface area contributed by atoms with E-state index in [1.807, 2.05) is 47.3 Å². The number of hydrogen-bond donors (Lipinski definition) is 0. The summed E-state index contributed by atoms with van der Waals surface area (Å²) in [5.74, 6) is 1.35. The van der Waals surface area contributed by atoms with Gasteiger partial charge in [0.15, 0.2) is 0 Å². The molecule has 8 rings (SSSR count). The van der Waals surface area contributed by atoms with Crippen molar-refractivity contribution in [3.8, 4) is 22.8 Å². The standard InChI is InChI=1S/C38H33N6OSi.Pt/c1-25(2)43-24-44(35-16-9-8-15-34(35)43)27-11-10-12-28(20-27)45-36-19-26(17-18-37(36)46(3,4)5)31-21-29-32(22-39-31)40-23-42-33-14-7-6-13-30(33)41-38(29)42;/h6-18,21-25H,1-5H3;/q-3;. The number of benzene rings is 4. The molecule has 0 aliphatic carbocycles. The van der Waals surface area contributed by atoms with Crippen molar-refractivity contribution in [2.24, 2.45) is 0 Å². The fourth-order valence-electron chi connectivity index (χ4n) is 6.13. The molecule has 1 aliphatic rings. The summed E-state index contributed by atoms with van der Waals surface area (Å²) in [5, 5.41) is 2.12. The first-order valence-electron chi connectivity index (χ1n) is 15.6. The van der Waals surface area contributed by atoms with Crippen LogP contribution in [0, 0.1) is 18.8 Å². The van der Waals surface area contributed by atoms with E-state index in [2.05, 4.69) is 122 Å². The molecule has 0 saturated heterocycles. The molecule has 0 N–H and O–H groups in total. The van der Waals surface area contributed by atoms with Gasteiger partial charge in [-0.1, -0.05) is 61.2 Å². The molecule has 0 radical (unpaired) electrons. The molecule has 9 heteroatoms. The summed E-state index contributed by atoms with van der Waals surface area (Å²) in [5.41, 5.74) is 8.46. The van der Waals surface area contributed by atoms with Crippen molar-refractivity contribution in [1.82, 2.24) is 19.4 Å². The number of nitrogens with zero attached hydrogens (tertiary/aromatic N) is 6. The maximum atomic E-state index is 6.67. The molecule has 0 spiro atoms. The molecule has 47 heavy (non-hydrogen) atoms. The third-order valence-corrected chi connectivity index (χ3v) is 10.5. The first-order valence-corrected chi connectivity index (χ1v) is 19.1. The van der Waals surface area contributed by atoms with Crippen molar-refractivity contribution in [1.29, 1.82) is 0 Å². The number of pyridine rings is 1. The summed E-state index contributed by atoms with van der Waals surface area (Å²) >= 11 is 0. The Hall–Kier alpha value is -4.52. The van der Waals surface area contributed by atoms with Gasteiger partial charge in [-0.25, -0.2) is 9.97 Å². The Balaban J connectivity index is 0.00000351. The van der Waals surface area contributed by atoms with Crippen LogP contribution >= 0.6 is 0 Å². The van der Waals surface area contributed by atoms with Gasteiger partial charge in [-0.3, -0.25) is 4.40 Å². The molecule has 0 atom stereocenters. The molecule has 0 saturated carbocycles. The molecule has 7 nitrogen and oxygen atoms in total. The molecule has 4 heterocycles. The SMILES string of the molecule is CC(C)N1[CH-]N(c2[c-]c(Oc3[c-]c(-c4cc5c(cn4)ncn4c6ccccc6nc54)ccc3[Si](C)(C)C)ccc2)c2ccccc21.[Pt]. The van der Waals surface area contributed by atoms with E-state index in [0.29, 0.717) is 17.5 Å². The Labute approximate surface area is 290 Å². The Morgan fingerprint density at radius 1 is 0.830 bits per heavy atom. The summed E-state index contributed by atoms with van der Waals surface area (Å²) in [7, 11) is -1.80. The van der Waals surface area contributed by atoms with Gasteiger partial charge in [0.05, 0.1) is 16.6 Å². The molecule has 0 amide bonds. The summed E-state index contributed by atoms with van der Waals surface area (Å²) in [6.45, 7) is 13.5. The topological polar surface area (TPSA) is 58.8 Å². The Morgan fingerprint density at radius 2 is 1.62 bits per heavy atom. The van der Waals surface area contributed by atoms with Crippen molar-refractivity contribution in [2.75, 3.05) is 9.80 Å². The summed E-state index contributed by atoms with van der Waals surface area (Å²) in [6, 6.07) is 36.4. The van der Waals surface area contributed by atoms with E-state index >= 15 is 0 Å². The number of ether oxygens (including phenoxy) is 1. The molecule has 0 fully saturated rings. The number of hydrogen-bond acceptors (Lipinski definition) is 6. The Kier molecular flexibility index (Phi) is 7.89. The van der Waals surface area contributed by atoms with Gasteiger partial charge in [-0.15, -0.1) is 41.6 Å². The van der Waals surface area contributed by atoms with E-state index in [4.69, 9.17) is 14.7 Å². The number of imidazole rings is 1. The first-order chi connectivity index (χ1) is 22.2. The van der Waals surface area contributed by atoms with Crippen molar-refractivity contribution in [3.63, 3.8) is 0 Å². The number of para-hydroxylation sites is 4.